The highest BCUT2D eigenvalue weighted by Gasteiger charge is 2.12. The normalized spacial score (nSPS) is 18.2. The molecule has 1 aromatic rings. The van der Waals surface area contributed by atoms with Gasteiger partial charge >= 0.3 is 0 Å². The molecular weight excluding hydrogens is 266 g/mol. The van der Waals surface area contributed by atoms with Gasteiger partial charge in [-0.25, -0.2) is 0 Å². The maximum absolute atomic E-state index is 10.2. The monoisotopic (exact) mass is 291 g/mol. The lowest BCUT2D eigenvalue weighted by Crippen LogP contribution is -2.38. The first-order chi connectivity index (χ1) is 10.2. The second-order valence-corrected chi connectivity index (χ2v) is 5.39. The molecule has 1 aliphatic heterocycles. The summed E-state index contributed by atoms with van der Waals surface area (Å²) in [7, 11) is 1.62. The Balaban J connectivity index is 1.91. The summed E-state index contributed by atoms with van der Waals surface area (Å²) in [6.07, 6.45) is 4.21. The Hall–Kier alpha value is -1.75. The Morgan fingerprint density at radius 1 is 1.24 bits per heavy atom. The smallest absolute Gasteiger partial charge is 0.191 e. The standard InChI is InChI=1S/C16H25N3O2/c1-21-14-8-6-13(7-9-14)15(20)12-18-16(17)19-10-4-2-3-5-11-19/h6-9,15,20H,2-5,10-12H2,1H3,(H2,17,18). The van der Waals surface area contributed by atoms with Crippen LogP contribution < -0.4 is 10.5 Å². The van der Waals surface area contributed by atoms with Gasteiger partial charge in [-0.15, -0.1) is 0 Å². The largest absolute Gasteiger partial charge is 0.497 e. The quantitative estimate of drug-likeness (QED) is 0.657. The first kappa shape index (κ1) is 15.6. The summed E-state index contributed by atoms with van der Waals surface area (Å²) in [5.74, 6) is 1.32. The summed E-state index contributed by atoms with van der Waals surface area (Å²) in [6.45, 7) is 2.22. The van der Waals surface area contributed by atoms with Gasteiger partial charge in [0.25, 0.3) is 0 Å². The van der Waals surface area contributed by atoms with Gasteiger partial charge in [-0.2, -0.15) is 0 Å². The maximum Gasteiger partial charge on any atom is 0.191 e. The minimum absolute atomic E-state index is 0.286. The number of hydrogen-bond acceptors (Lipinski definition) is 3. The third-order valence-corrected chi connectivity index (χ3v) is 3.86. The van der Waals surface area contributed by atoms with Crippen LogP contribution in [-0.4, -0.2) is 42.7 Å². The van der Waals surface area contributed by atoms with Crippen molar-refractivity contribution in [3.05, 3.63) is 29.8 Å². The highest BCUT2D eigenvalue weighted by Crippen LogP contribution is 2.18. The molecule has 1 heterocycles. The van der Waals surface area contributed by atoms with E-state index in [0.717, 1.165) is 37.2 Å². The number of benzene rings is 1. The Morgan fingerprint density at radius 2 is 1.86 bits per heavy atom. The molecule has 5 nitrogen and oxygen atoms in total. The van der Waals surface area contributed by atoms with Crippen LogP contribution in [0.3, 0.4) is 0 Å². The average Bonchev–Trinajstić information content (AvgIpc) is 2.81. The minimum Gasteiger partial charge on any atom is -0.497 e. The molecule has 116 valence electrons. The molecule has 5 heteroatoms. The van der Waals surface area contributed by atoms with E-state index in [4.69, 9.17) is 10.5 Å². The molecule has 0 radical (unpaired) electrons. The van der Waals surface area contributed by atoms with Crippen LogP contribution in [0.4, 0.5) is 0 Å². The molecule has 0 saturated carbocycles. The number of rotatable bonds is 4. The molecule has 0 aliphatic carbocycles. The van der Waals surface area contributed by atoms with Gasteiger partial charge in [0.05, 0.1) is 19.8 Å². The van der Waals surface area contributed by atoms with Crippen molar-refractivity contribution in [1.29, 1.82) is 0 Å². The van der Waals surface area contributed by atoms with Gasteiger partial charge in [-0.1, -0.05) is 25.0 Å². The predicted octanol–water partition coefficient (Wildman–Crippen LogP) is 1.92. The van der Waals surface area contributed by atoms with Gasteiger partial charge < -0.3 is 20.5 Å². The molecule has 1 aromatic carbocycles. The second-order valence-electron chi connectivity index (χ2n) is 5.39. The van der Waals surface area contributed by atoms with E-state index < -0.39 is 6.10 Å². The number of nitrogens with zero attached hydrogens (tertiary/aromatic N) is 2. The summed E-state index contributed by atoms with van der Waals surface area (Å²) >= 11 is 0. The topological polar surface area (TPSA) is 71.1 Å². The van der Waals surface area contributed by atoms with Gasteiger partial charge in [0, 0.05) is 13.1 Å². The number of aliphatic imine (C=N–C) groups is 1. The summed E-state index contributed by atoms with van der Waals surface area (Å²) in [5.41, 5.74) is 6.86. The zero-order chi connectivity index (χ0) is 15.1. The molecule has 3 N–H and O–H groups in total. The van der Waals surface area contributed by atoms with Crippen molar-refractivity contribution in [1.82, 2.24) is 4.90 Å². The lowest BCUT2D eigenvalue weighted by Gasteiger charge is -2.21. The number of nitrogens with two attached hydrogens (primary N) is 1. The zero-order valence-electron chi connectivity index (χ0n) is 12.7. The van der Waals surface area contributed by atoms with Crippen molar-refractivity contribution in [3.8, 4) is 5.75 Å². The van der Waals surface area contributed by atoms with E-state index in [-0.39, 0.29) is 6.54 Å². The predicted molar refractivity (Wildman–Crippen MR) is 84.5 cm³/mol. The average molecular weight is 291 g/mol. The van der Waals surface area contributed by atoms with Crippen LogP contribution in [0.1, 0.15) is 37.4 Å². The van der Waals surface area contributed by atoms with Gasteiger partial charge in [0.15, 0.2) is 5.96 Å². The van der Waals surface area contributed by atoms with E-state index >= 15 is 0 Å². The van der Waals surface area contributed by atoms with E-state index in [9.17, 15) is 5.11 Å². The van der Waals surface area contributed by atoms with Crippen molar-refractivity contribution in [3.63, 3.8) is 0 Å². The maximum atomic E-state index is 10.2. The van der Waals surface area contributed by atoms with E-state index in [0.29, 0.717) is 5.96 Å². The summed E-state index contributed by atoms with van der Waals surface area (Å²) < 4.78 is 5.10. The van der Waals surface area contributed by atoms with E-state index in [1.807, 2.05) is 24.3 Å². The fourth-order valence-corrected chi connectivity index (χ4v) is 2.51. The number of likely N-dealkylation sites (tertiary alicyclic amines) is 1. The molecule has 0 bridgehead atoms. The van der Waals surface area contributed by atoms with Crippen molar-refractivity contribution < 1.29 is 9.84 Å². The molecule has 1 atom stereocenters. The molecule has 2 rings (SSSR count). The number of aliphatic hydroxyl groups is 1. The number of ether oxygens (including phenoxy) is 1. The Morgan fingerprint density at radius 3 is 2.43 bits per heavy atom. The number of methoxy groups -OCH3 is 1. The lowest BCUT2D eigenvalue weighted by molar-refractivity contribution is 0.186. The number of hydrogen-bond donors (Lipinski definition) is 2. The third-order valence-electron chi connectivity index (χ3n) is 3.86. The Labute approximate surface area is 126 Å². The summed E-state index contributed by atoms with van der Waals surface area (Å²) in [6, 6.07) is 7.36. The van der Waals surface area contributed by atoms with Crippen LogP contribution in [0.5, 0.6) is 5.75 Å². The van der Waals surface area contributed by atoms with Crippen LogP contribution in [0.25, 0.3) is 0 Å². The minimum atomic E-state index is -0.638. The highest BCUT2D eigenvalue weighted by atomic mass is 16.5. The number of aliphatic hydroxyl groups excluding tert-OH is 1. The van der Waals surface area contributed by atoms with Crippen LogP contribution >= 0.6 is 0 Å². The third kappa shape index (κ3) is 4.63. The molecular formula is C16H25N3O2. The molecule has 0 amide bonds. The van der Waals surface area contributed by atoms with Crippen molar-refractivity contribution in [2.24, 2.45) is 10.7 Å². The molecule has 1 saturated heterocycles. The van der Waals surface area contributed by atoms with Crippen LogP contribution in [0.15, 0.2) is 29.3 Å². The molecule has 0 aromatic heterocycles. The SMILES string of the molecule is COc1ccc(C(O)CN=C(N)N2CCCCCC2)cc1. The summed E-state index contributed by atoms with van der Waals surface area (Å²) in [5, 5.41) is 10.2. The van der Waals surface area contributed by atoms with E-state index in [1.54, 1.807) is 7.11 Å². The lowest BCUT2D eigenvalue weighted by atomic mass is 10.1. The van der Waals surface area contributed by atoms with Gasteiger partial charge in [-0.05, 0) is 30.5 Å². The Bertz CT molecular complexity index is 451. The summed E-state index contributed by atoms with van der Waals surface area (Å²) in [4.78, 5) is 6.47. The molecule has 0 spiro atoms. The zero-order valence-corrected chi connectivity index (χ0v) is 12.7. The van der Waals surface area contributed by atoms with Crippen molar-refractivity contribution in [2.75, 3.05) is 26.7 Å². The molecule has 1 unspecified atom stereocenters. The van der Waals surface area contributed by atoms with E-state index in [1.165, 1.54) is 12.8 Å². The second kappa shape index (κ2) is 7.88. The van der Waals surface area contributed by atoms with Gasteiger partial charge in [-0.3, -0.25) is 4.99 Å². The number of guanidine groups is 1. The van der Waals surface area contributed by atoms with Crippen LogP contribution in [-0.2, 0) is 0 Å². The molecule has 1 fully saturated rings. The highest BCUT2D eigenvalue weighted by molar-refractivity contribution is 5.78. The van der Waals surface area contributed by atoms with E-state index in [2.05, 4.69) is 9.89 Å². The van der Waals surface area contributed by atoms with Crippen LogP contribution in [0, 0.1) is 0 Å². The Kier molecular flexibility index (Phi) is 5.87. The fraction of sp³-hybridized carbons (Fsp3) is 0.562. The van der Waals surface area contributed by atoms with Gasteiger partial charge in [0.1, 0.15) is 5.75 Å². The van der Waals surface area contributed by atoms with Gasteiger partial charge in [0.2, 0.25) is 0 Å². The molecule has 21 heavy (non-hydrogen) atoms. The first-order valence-corrected chi connectivity index (χ1v) is 7.57. The van der Waals surface area contributed by atoms with Crippen LogP contribution in [0.2, 0.25) is 0 Å². The van der Waals surface area contributed by atoms with Crippen molar-refractivity contribution >= 4 is 5.96 Å². The fourth-order valence-electron chi connectivity index (χ4n) is 2.51. The van der Waals surface area contributed by atoms with Crippen molar-refractivity contribution in [2.45, 2.75) is 31.8 Å². The molecule has 1 aliphatic rings. The first-order valence-electron chi connectivity index (χ1n) is 7.57.